The topological polar surface area (TPSA) is 84.3 Å². The SMILES string of the molecule is O=C(Nc1ccc(Cl)c([N+](=O)[O-])c1)NC1CCCCCC1. The van der Waals surface area contributed by atoms with Crippen LogP contribution in [0.25, 0.3) is 0 Å². The van der Waals surface area contributed by atoms with Crippen molar-refractivity contribution in [2.24, 2.45) is 0 Å². The van der Waals surface area contributed by atoms with Crippen molar-refractivity contribution in [2.75, 3.05) is 5.32 Å². The van der Waals surface area contributed by atoms with Crippen molar-refractivity contribution in [3.8, 4) is 0 Å². The molecule has 0 aliphatic heterocycles. The van der Waals surface area contributed by atoms with Gasteiger partial charge in [0.15, 0.2) is 0 Å². The first-order chi connectivity index (χ1) is 10.1. The van der Waals surface area contributed by atoms with Crippen molar-refractivity contribution in [2.45, 2.75) is 44.6 Å². The van der Waals surface area contributed by atoms with Crippen molar-refractivity contribution >= 4 is 29.0 Å². The van der Waals surface area contributed by atoms with E-state index in [1.807, 2.05) is 0 Å². The number of carbonyl (C=O) groups excluding carboxylic acids is 1. The molecule has 2 N–H and O–H groups in total. The predicted molar refractivity (Wildman–Crippen MR) is 81.8 cm³/mol. The Balaban J connectivity index is 1.95. The average Bonchev–Trinajstić information content (AvgIpc) is 2.69. The van der Waals surface area contributed by atoms with Gasteiger partial charge in [-0.25, -0.2) is 4.79 Å². The fourth-order valence-electron chi connectivity index (χ4n) is 2.51. The number of hydrogen-bond acceptors (Lipinski definition) is 3. The smallest absolute Gasteiger partial charge is 0.319 e. The summed E-state index contributed by atoms with van der Waals surface area (Å²) in [7, 11) is 0. The van der Waals surface area contributed by atoms with Crippen LogP contribution in [0.4, 0.5) is 16.2 Å². The van der Waals surface area contributed by atoms with Crippen LogP contribution >= 0.6 is 11.6 Å². The van der Waals surface area contributed by atoms with E-state index in [2.05, 4.69) is 10.6 Å². The number of halogens is 1. The van der Waals surface area contributed by atoms with Gasteiger partial charge in [-0.1, -0.05) is 37.3 Å². The summed E-state index contributed by atoms with van der Waals surface area (Å²) in [6, 6.07) is 4.05. The molecule has 0 radical (unpaired) electrons. The van der Waals surface area contributed by atoms with Gasteiger partial charge in [-0.3, -0.25) is 10.1 Å². The highest BCUT2D eigenvalue weighted by Gasteiger charge is 2.16. The van der Waals surface area contributed by atoms with Crippen LogP contribution in [0.15, 0.2) is 18.2 Å². The van der Waals surface area contributed by atoms with Gasteiger partial charge in [0, 0.05) is 17.8 Å². The minimum absolute atomic E-state index is 0.0507. The summed E-state index contributed by atoms with van der Waals surface area (Å²) >= 11 is 5.73. The maximum absolute atomic E-state index is 11.9. The van der Waals surface area contributed by atoms with Crippen LogP contribution in [0.1, 0.15) is 38.5 Å². The Labute approximate surface area is 128 Å². The number of benzene rings is 1. The lowest BCUT2D eigenvalue weighted by molar-refractivity contribution is -0.384. The van der Waals surface area contributed by atoms with E-state index >= 15 is 0 Å². The number of nitrogens with one attached hydrogen (secondary N) is 2. The second-order valence-electron chi connectivity index (χ2n) is 5.21. The van der Waals surface area contributed by atoms with Crippen LogP contribution in [0.3, 0.4) is 0 Å². The second-order valence-corrected chi connectivity index (χ2v) is 5.62. The Morgan fingerprint density at radius 2 is 1.90 bits per heavy atom. The van der Waals surface area contributed by atoms with Gasteiger partial charge in [0.05, 0.1) is 4.92 Å². The standard InChI is InChI=1S/C14H18ClN3O3/c15-12-8-7-11(9-13(12)18(20)21)17-14(19)16-10-5-3-1-2-4-6-10/h7-10H,1-6H2,(H2,16,17,19). The Morgan fingerprint density at radius 1 is 1.24 bits per heavy atom. The molecule has 2 amide bonds. The zero-order valence-corrected chi connectivity index (χ0v) is 12.4. The van der Waals surface area contributed by atoms with Crippen LogP contribution in [0.5, 0.6) is 0 Å². The lowest BCUT2D eigenvalue weighted by atomic mass is 10.1. The van der Waals surface area contributed by atoms with Crippen molar-refractivity contribution in [3.63, 3.8) is 0 Å². The number of rotatable bonds is 3. The molecular formula is C14H18ClN3O3. The Morgan fingerprint density at radius 3 is 2.52 bits per heavy atom. The van der Waals surface area contributed by atoms with Crippen LogP contribution in [-0.4, -0.2) is 17.0 Å². The third-order valence-corrected chi connectivity index (χ3v) is 3.91. The number of amides is 2. The Kier molecular flexibility index (Phi) is 5.38. The largest absolute Gasteiger partial charge is 0.335 e. The lowest BCUT2D eigenvalue weighted by Gasteiger charge is -2.16. The summed E-state index contributed by atoms with van der Waals surface area (Å²) < 4.78 is 0. The van der Waals surface area contributed by atoms with E-state index in [0.717, 1.165) is 25.7 Å². The highest BCUT2D eigenvalue weighted by molar-refractivity contribution is 6.32. The molecule has 1 aromatic carbocycles. The van der Waals surface area contributed by atoms with Crippen molar-refractivity contribution in [1.29, 1.82) is 0 Å². The minimum Gasteiger partial charge on any atom is -0.335 e. The number of nitro groups is 1. The zero-order chi connectivity index (χ0) is 15.2. The molecule has 7 heteroatoms. The highest BCUT2D eigenvalue weighted by atomic mass is 35.5. The molecule has 0 unspecified atom stereocenters. The molecule has 0 atom stereocenters. The van der Waals surface area contributed by atoms with E-state index in [0.29, 0.717) is 5.69 Å². The van der Waals surface area contributed by atoms with Gasteiger partial charge in [-0.15, -0.1) is 0 Å². The molecule has 1 fully saturated rings. The zero-order valence-electron chi connectivity index (χ0n) is 11.6. The summed E-state index contributed by atoms with van der Waals surface area (Å²) in [5.74, 6) is 0. The maximum Gasteiger partial charge on any atom is 0.319 e. The number of nitro benzene ring substituents is 1. The molecule has 2 rings (SSSR count). The first kappa shape index (κ1) is 15.6. The molecular weight excluding hydrogens is 294 g/mol. The number of anilines is 1. The summed E-state index contributed by atoms with van der Waals surface area (Å²) in [5.41, 5.74) is 0.140. The third kappa shape index (κ3) is 4.60. The summed E-state index contributed by atoms with van der Waals surface area (Å²) in [6.45, 7) is 0. The molecule has 0 bridgehead atoms. The third-order valence-electron chi connectivity index (χ3n) is 3.59. The van der Waals surface area contributed by atoms with Gasteiger partial charge < -0.3 is 10.6 Å². The first-order valence-electron chi connectivity index (χ1n) is 7.08. The highest BCUT2D eigenvalue weighted by Crippen LogP contribution is 2.27. The second kappa shape index (κ2) is 7.26. The molecule has 0 spiro atoms. The number of urea groups is 1. The minimum atomic E-state index is -0.573. The van der Waals surface area contributed by atoms with Gasteiger partial charge >= 0.3 is 6.03 Å². The molecule has 114 valence electrons. The molecule has 0 saturated heterocycles. The molecule has 1 saturated carbocycles. The monoisotopic (exact) mass is 311 g/mol. The molecule has 1 aromatic rings. The van der Waals surface area contributed by atoms with Crippen LogP contribution in [-0.2, 0) is 0 Å². The van der Waals surface area contributed by atoms with E-state index in [4.69, 9.17) is 11.6 Å². The van der Waals surface area contributed by atoms with Crippen LogP contribution in [0.2, 0.25) is 5.02 Å². The number of carbonyl (C=O) groups is 1. The van der Waals surface area contributed by atoms with E-state index in [1.54, 1.807) is 6.07 Å². The predicted octanol–water partition coefficient (Wildman–Crippen LogP) is 4.09. The average molecular weight is 312 g/mol. The molecule has 1 aliphatic rings. The summed E-state index contributed by atoms with van der Waals surface area (Å²) in [5, 5.41) is 16.4. The van der Waals surface area contributed by atoms with Gasteiger partial charge in [-0.05, 0) is 25.0 Å². The Hall–Kier alpha value is -1.82. The van der Waals surface area contributed by atoms with E-state index in [-0.39, 0.29) is 22.8 Å². The molecule has 21 heavy (non-hydrogen) atoms. The van der Waals surface area contributed by atoms with E-state index < -0.39 is 4.92 Å². The van der Waals surface area contributed by atoms with Gasteiger partial charge in [0.2, 0.25) is 0 Å². The lowest BCUT2D eigenvalue weighted by Crippen LogP contribution is -2.37. The normalized spacial score (nSPS) is 16.0. The Bertz CT molecular complexity index is 528. The molecule has 0 heterocycles. The van der Waals surface area contributed by atoms with E-state index in [1.165, 1.54) is 25.0 Å². The molecule has 6 nitrogen and oxygen atoms in total. The van der Waals surface area contributed by atoms with Crippen LogP contribution < -0.4 is 10.6 Å². The fourth-order valence-corrected chi connectivity index (χ4v) is 2.69. The van der Waals surface area contributed by atoms with Gasteiger partial charge in [0.1, 0.15) is 5.02 Å². The van der Waals surface area contributed by atoms with Crippen molar-refractivity contribution in [3.05, 3.63) is 33.3 Å². The number of hydrogen-bond donors (Lipinski definition) is 2. The fraction of sp³-hybridized carbons (Fsp3) is 0.500. The summed E-state index contributed by atoms with van der Waals surface area (Å²) in [4.78, 5) is 22.2. The van der Waals surface area contributed by atoms with Crippen molar-refractivity contribution in [1.82, 2.24) is 5.32 Å². The van der Waals surface area contributed by atoms with Gasteiger partial charge in [0.25, 0.3) is 5.69 Å². The van der Waals surface area contributed by atoms with Crippen LogP contribution in [0, 0.1) is 10.1 Å². The first-order valence-corrected chi connectivity index (χ1v) is 7.45. The summed E-state index contributed by atoms with van der Waals surface area (Å²) in [6.07, 6.45) is 6.63. The molecule has 1 aliphatic carbocycles. The quantitative estimate of drug-likeness (QED) is 0.501. The van der Waals surface area contributed by atoms with Crippen molar-refractivity contribution < 1.29 is 9.72 Å². The van der Waals surface area contributed by atoms with Gasteiger partial charge in [-0.2, -0.15) is 0 Å². The molecule has 0 aromatic heterocycles. The maximum atomic E-state index is 11.9. The van der Waals surface area contributed by atoms with E-state index in [9.17, 15) is 14.9 Å². The number of nitrogens with zero attached hydrogens (tertiary/aromatic N) is 1.